The van der Waals surface area contributed by atoms with Crippen LogP contribution in [0.3, 0.4) is 0 Å². The maximum absolute atomic E-state index is 13.0. The van der Waals surface area contributed by atoms with Crippen molar-refractivity contribution in [2.24, 2.45) is 0 Å². The van der Waals surface area contributed by atoms with Gasteiger partial charge in [-0.25, -0.2) is 12.8 Å². The number of alkyl halides is 2. The lowest BCUT2D eigenvalue weighted by molar-refractivity contribution is 0.447. The molecule has 1 aromatic rings. The largest absolute Gasteiger partial charge is 0.228 e. The minimum Gasteiger partial charge on any atom is -0.228 e. The minimum absolute atomic E-state index is 0.0312. The van der Waals surface area contributed by atoms with Crippen molar-refractivity contribution in [3.63, 3.8) is 0 Å². The van der Waals surface area contributed by atoms with E-state index in [1.807, 2.05) is 6.92 Å². The van der Waals surface area contributed by atoms with Crippen molar-refractivity contribution in [3.8, 4) is 0 Å². The first-order chi connectivity index (χ1) is 6.48. The van der Waals surface area contributed by atoms with Crippen LogP contribution >= 0.6 is 11.6 Å². The van der Waals surface area contributed by atoms with Crippen LogP contribution in [0.5, 0.6) is 0 Å². The van der Waals surface area contributed by atoms with E-state index in [9.17, 15) is 12.8 Å². The van der Waals surface area contributed by atoms with E-state index in [1.54, 1.807) is 12.1 Å². The molecule has 2 nitrogen and oxygen atoms in total. The van der Waals surface area contributed by atoms with Crippen molar-refractivity contribution in [2.45, 2.75) is 17.3 Å². The lowest BCUT2D eigenvalue weighted by atomic mass is 10.2. The van der Waals surface area contributed by atoms with Crippen molar-refractivity contribution in [1.82, 2.24) is 0 Å². The molecule has 0 radical (unpaired) electrons. The van der Waals surface area contributed by atoms with E-state index in [4.69, 9.17) is 11.6 Å². The molecule has 0 N–H and O–H groups in total. The number of hydrogen-bond donors (Lipinski definition) is 0. The third-order valence-electron chi connectivity index (χ3n) is 1.81. The molecular weight excluding hydrogens is 227 g/mol. The third kappa shape index (κ3) is 2.25. The van der Waals surface area contributed by atoms with Crippen molar-refractivity contribution in [3.05, 3.63) is 29.8 Å². The predicted octanol–water partition coefficient (Wildman–Crippen LogP) is 2.30. The lowest BCUT2D eigenvalue weighted by Gasteiger charge is -2.06. The fourth-order valence-corrected chi connectivity index (χ4v) is 2.43. The second kappa shape index (κ2) is 4.28. The molecule has 0 fully saturated rings. The first kappa shape index (κ1) is 11.5. The number of sulfone groups is 1. The molecule has 0 saturated carbocycles. The zero-order valence-corrected chi connectivity index (χ0v) is 9.15. The Labute approximate surface area is 87.6 Å². The van der Waals surface area contributed by atoms with Gasteiger partial charge < -0.3 is 0 Å². The quantitative estimate of drug-likeness (QED) is 0.755. The van der Waals surface area contributed by atoms with E-state index in [2.05, 4.69) is 0 Å². The van der Waals surface area contributed by atoms with E-state index in [0.717, 1.165) is 5.56 Å². The molecule has 1 aromatic carbocycles. The predicted molar refractivity (Wildman–Crippen MR) is 54.0 cm³/mol. The van der Waals surface area contributed by atoms with Crippen molar-refractivity contribution < 1.29 is 12.8 Å². The number of halogens is 2. The van der Waals surface area contributed by atoms with Crippen LogP contribution in [0.25, 0.3) is 0 Å². The topological polar surface area (TPSA) is 34.1 Å². The molecule has 0 saturated heterocycles. The molecule has 0 amide bonds. The van der Waals surface area contributed by atoms with Crippen LogP contribution in [0.1, 0.15) is 5.56 Å². The maximum Gasteiger partial charge on any atom is 0.218 e. The Balaban J connectivity index is 3.11. The standard InChI is InChI=1S/C9H10ClFO2S/c1-7-2-4-8(5-3-7)14(12,13)9(11)6-10/h2-5,9H,6H2,1H3. The Kier molecular flexibility index (Phi) is 3.50. The van der Waals surface area contributed by atoms with Gasteiger partial charge in [-0.3, -0.25) is 0 Å². The first-order valence-corrected chi connectivity index (χ1v) is 6.07. The monoisotopic (exact) mass is 236 g/mol. The Hall–Kier alpha value is -0.610. The highest BCUT2D eigenvalue weighted by atomic mass is 35.5. The summed E-state index contributed by atoms with van der Waals surface area (Å²) in [5, 5.41) is 0. The molecule has 0 aromatic heterocycles. The van der Waals surface area contributed by atoms with Gasteiger partial charge in [0.2, 0.25) is 15.3 Å². The summed E-state index contributed by atoms with van der Waals surface area (Å²) in [5.74, 6) is -0.545. The van der Waals surface area contributed by atoms with Gasteiger partial charge in [-0.15, -0.1) is 11.6 Å². The Bertz CT molecular complexity index is 399. The highest BCUT2D eigenvalue weighted by molar-refractivity contribution is 7.92. The molecule has 0 aliphatic heterocycles. The zero-order chi connectivity index (χ0) is 10.8. The maximum atomic E-state index is 13.0. The summed E-state index contributed by atoms with van der Waals surface area (Å²) in [6, 6.07) is 6.00. The van der Waals surface area contributed by atoms with Crippen LogP contribution in [0.15, 0.2) is 29.2 Å². The average Bonchev–Trinajstić information content (AvgIpc) is 2.17. The van der Waals surface area contributed by atoms with Crippen LogP contribution in [0.4, 0.5) is 4.39 Å². The van der Waals surface area contributed by atoms with Crippen LogP contribution in [-0.2, 0) is 9.84 Å². The van der Waals surface area contributed by atoms with Crippen molar-refractivity contribution in [2.75, 3.05) is 5.88 Å². The Morgan fingerprint density at radius 2 is 1.86 bits per heavy atom. The van der Waals surface area contributed by atoms with Gasteiger partial charge in [-0.05, 0) is 19.1 Å². The molecule has 78 valence electrons. The fourth-order valence-electron chi connectivity index (χ4n) is 0.959. The van der Waals surface area contributed by atoms with Crippen LogP contribution in [-0.4, -0.2) is 19.8 Å². The van der Waals surface area contributed by atoms with E-state index >= 15 is 0 Å². The van der Waals surface area contributed by atoms with E-state index in [0.29, 0.717) is 0 Å². The fraction of sp³-hybridized carbons (Fsp3) is 0.333. The lowest BCUT2D eigenvalue weighted by Crippen LogP contribution is -2.17. The summed E-state index contributed by atoms with van der Waals surface area (Å²) in [7, 11) is -3.90. The Morgan fingerprint density at radius 3 is 2.29 bits per heavy atom. The SMILES string of the molecule is Cc1ccc(S(=O)(=O)C(F)CCl)cc1. The second-order valence-electron chi connectivity index (χ2n) is 2.92. The van der Waals surface area contributed by atoms with Gasteiger partial charge in [0, 0.05) is 0 Å². The van der Waals surface area contributed by atoms with Crippen LogP contribution < -0.4 is 0 Å². The molecule has 0 aliphatic carbocycles. The molecule has 1 unspecified atom stereocenters. The normalized spacial score (nSPS) is 13.9. The summed E-state index contributed by atoms with van der Waals surface area (Å²) in [4.78, 5) is -0.0312. The highest BCUT2D eigenvalue weighted by Gasteiger charge is 2.25. The van der Waals surface area contributed by atoms with Crippen molar-refractivity contribution >= 4 is 21.4 Å². The number of rotatable bonds is 3. The van der Waals surface area contributed by atoms with E-state index in [1.165, 1.54) is 12.1 Å². The first-order valence-electron chi connectivity index (χ1n) is 3.99. The molecule has 0 bridgehead atoms. The van der Waals surface area contributed by atoms with Gasteiger partial charge in [0.1, 0.15) is 0 Å². The summed E-state index contributed by atoms with van der Waals surface area (Å²) in [6.45, 7) is 1.82. The molecule has 5 heteroatoms. The second-order valence-corrected chi connectivity index (χ2v) is 5.30. The van der Waals surface area contributed by atoms with Crippen molar-refractivity contribution in [1.29, 1.82) is 0 Å². The van der Waals surface area contributed by atoms with Gasteiger partial charge >= 0.3 is 0 Å². The molecule has 0 spiro atoms. The number of benzene rings is 1. The van der Waals surface area contributed by atoms with Crippen LogP contribution in [0.2, 0.25) is 0 Å². The zero-order valence-electron chi connectivity index (χ0n) is 7.57. The summed E-state index contributed by atoms with van der Waals surface area (Å²) < 4.78 is 35.8. The number of hydrogen-bond acceptors (Lipinski definition) is 2. The van der Waals surface area contributed by atoms with Gasteiger partial charge in [0.25, 0.3) is 0 Å². The van der Waals surface area contributed by atoms with E-state index < -0.39 is 21.2 Å². The average molecular weight is 237 g/mol. The molecule has 0 aliphatic rings. The number of aryl methyl sites for hydroxylation is 1. The smallest absolute Gasteiger partial charge is 0.218 e. The summed E-state index contributed by atoms with van der Waals surface area (Å²) in [5.41, 5.74) is -1.11. The molecule has 1 atom stereocenters. The van der Waals surface area contributed by atoms with Gasteiger partial charge in [0.05, 0.1) is 10.8 Å². The van der Waals surface area contributed by atoms with Gasteiger partial charge in [-0.1, -0.05) is 17.7 Å². The molecule has 1 rings (SSSR count). The van der Waals surface area contributed by atoms with Gasteiger partial charge in [0.15, 0.2) is 0 Å². The minimum atomic E-state index is -3.90. The molecule has 0 heterocycles. The molecular formula is C9H10ClFO2S. The highest BCUT2D eigenvalue weighted by Crippen LogP contribution is 2.18. The summed E-state index contributed by atoms with van der Waals surface area (Å²) in [6.07, 6.45) is 0. The summed E-state index contributed by atoms with van der Waals surface area (Å²) >= 11 is 5.16. The molecule has 14 heavy (non-hydrogen) atoms. The van der Waals surface area contributed by atoms with Gasteiger partial charge in [-0.2, -0.15) is 0 Å². The Morgan fingerprint density at radius 1 is 1.36 bits per heavy atom. The third-order valence-corrected chi connectivity index (χ3v) is 4.03. The van der Waals surface area contributed by atoms with Crippen LogP contribution in [0, 0.1) is 6.92 Å². The van der Waals surface area contributed by atoms with E-state index in [-0.39, 0.29) is 4.90 Å².